The van der Waals surface area contributed by atoms with E-state index in [4.69, 9.17) is 0 Å². The molecule has 0 N–H and O–H groups in total. The maximum absolute atomic E-state index is 13.2. The number of hydrogen-bond donors (Lipinski definition) is 0. The van der Waals surface area contributed by atoms with Crippen LogP contribution >= 0.6 is 0 Å². The molecule has 1 aliphatic rings. The normalized spacial score (nSPS) is 16.2. The summed E-state index contributed by atoms with van der Waals surface area (Å²) in [5.41, 5.74) is 4.63. The molecule has 0 saturated carbocycles. The zero-order chi connectivity index (χ0) is 11.7. The summed E-state index contributed by atoms with van der Waals surface area (Å²) in [6.45, 7) is 0. The minimum Gasteiger partial charge on any atom is -0.265 e. The van der Waals surface area contributed by atoms with Gasteiger partial charge in [0.25, 0.3) is 0 Å². The summed E-state index contributed by atoms with van der Waals surface area (Å²) in [7, 11) is 0. The number of benzene rings is 1. The third-order valence-electron chi connectivity index (χ3n) is 3.13. The van der Waals surface area contributed by atoms with Gasteiger partial charge < -0.3 is 0 Å². The quantitative estimate of drug-likeness (QED) is 0.721. The van der Waals surface area contributed by atoms with E-state index < -0.39 is 0 Å². The molecule has 0 unspecified atom stereocenters. The Bertz CT molecular complexity index is 573. The fourth-order valence-corrected chi connectivity index (χ4v) is 2.28. The lowest BCUT2D eigenvalue weighted by atomic mass is 10.0. The highest BCUT2D eigenvalue weighted by atomic mass is 19.1. The van der Waals surface area contributed by atoms with Crippen molar-refractivity contribution in [1.82, 2.24) is 4.98 Å². The summed E-state index contributed by atoms with van der Waals surface area (Å²) in [4.78, 5) is 3.99. The van der Waals surface area contributed by atoms with Crippen molar-refractivity contribution in [2.45, 2.75) is 12.8 Å². The van der Waals surface area contributed by atoms with Gasteiger partial charge in [-0.3, -0.25) is 4.98 Å². The van der Waals surface area contributed by atoms with E-state index in [0.717, 1.165) is 24.0 Å². The number of rotatable bonds is 1. The van der Waals surface area contributed by atoms with Crippen LogP contribution in [0.4, 0.5) is 4.39 Å². The Morgan fingerprint density at radius 2 is 1.88 bits per heavy atom. The van der Waals surface area contributed by atoms with E-state index in [0.29, 0.717) is 0 Å². The molecule has 0 radical (unpaired) electrons. The molecule has 1 aromatic carbocycles. The van der Waals surface area contributed by atoms with E-state index in [2.05, 4.69) is 11.1 Å². The maximum Gasteiger partial charge on any atom is 0.123 e. The van der Waals surface area contributed by atoms with Crippen molar-refractivity contribution in [2.24, 2.45) is 0 Å². The molecule has 1 aliphatic carbocycles. The van der Waals surface area contributed by atoms with Crippen LogP contribution in [0.3, 0.4) is 0 Å². The van der Waals surface area contributed by atoms with Crippen LogP contribution in [0.2, 0.25) is 0 Å². The van der Waals surface area contributed by atoms with Crippen molar-refractivity contribution < 1.29 is 4.39 Å². The van der Waals surface area contributed by atoms with Crippen LogP contribution < -0.4 is 0 Å². The van der Waals surface area contributed by atoms with Gasteiger partial charge in [0.2, 0.25) is 0 Å². The number of fused-ring (bicyclic) bond motifs is 1. The van der Waals surface area contributed by atoms with Gasteiger partial charge in [-0.2, -0.15) is 0 Å². The lowest BCUT2D eigenvalue weighted by Gasteiger charge is -2.01. The molecule has 3 rings (SSSR count). The molecule has 0 spiro atoms. The summed E-state index contributed by atoms with van der Waals surface area (Å²) >= 11 is 0. The smallest absolute Gasteiger partial charge is 0.123 e. The predicted octanol–water partition coefficient (Wildman–Crippen LogP) is 3.71. The van der Waals surface area contributed by atoms with Gasteiger partial charge in [-0.05, 0) is 59.4 Å². The van der Waals surface area contributed by atoms with Crippen LogP contribution in [0.25, 0.3) is 11.6 Å². The second kappa shape index (κ2) is 4.13. The van der Waals surface area contributed by atoms with Crippen LogP contribution in [0.15, 0.2) is 42.7 Å². The average molecular weight is 225 g/mol. The molecule has 0 atom stereocenters. The number of halogens is 1. The summed E-state index contributed by atoms with van der Waals surface area (Å²) in [5, 5.41) is 0. The fraction of sp³-hybridized carbons (Fsp3) is 0.133. The van der Waals surface area contributed by atoms with Crippen LogP contribution in [0, 0.1) is 5.82 Å². The standard InChI is InChI=1S/C15H12FN/c16-14-4-3-12-1-2-13(15(12)10-14)9-11-5-7-17-8-6-11/h3-10H,1-2H2/b13-9-. The molecular formula is C15H12FN. The Morgan fingerprint density at radius 1 is 1.06 bits per heavy atom. The van der Waals surface area contributed by atoms with Crippen LogP contribution in [0.1, 0.15) is 23.1 Å². The lowest BCUT2D eigenvalue weighted by molar-refractivity contribution is 0.627. The largest absolute Gasteiger partial charge is 0.265 e. The molecule has 0 amide bonds. The second-order valence-corrected chi connectivity index (χ2v) is 4.25. The SMILES string of the molecule is Fc1ccc2c(c1)/C(=C\c1ccncc1)CC2. The third kappa shape index (κ3) is 1.98. The van der Waals surface area contributed by atoms with Gasteiger partial charge in [-0.1, -0.05) is 12.1 Å². The van der Waals surface area contributed by atoms with E-state index >= 15 is 0 Å². The summed E-state index contributed by atoms with van der Waals surface area (Å²) in [6, 6.07) is 8.98. The highest BCUT2D eigenvalue weighted by Crippen LogP contribution is 2.33. The molecule has 2 aromatic rings. The lowest BCUT2D eigenvalue weighted by Crippen LogP contribution is -1.83. The minimum atomic E-state index is -0.161. The van der Waals surface area contributed by atoms with E-state index in [1.54, 1.807) is 18.5 Å². The van der Waals surface area contributed by atoms with Crippen LogP contribution in [-0.4, -0.2) is 4.98 Å². The Kier molecular flexibility index (Phi) is 2.48. The average Bonchev–Trinajstić information content (AvgIpc) is 2.73. The molecule has 0 aliphatic heterocycles. The van der Waals surface area contributed by atoms with Crippen molar-refractivity contribution in [3.8, 4) is 0 Å². The van der Waals surface area contributed by atoms with Gasteiger partial charge in [0.1, 0.15) is 5.82 Å². The molecule has 1 aromatic heterocycles. The maximum atomic E-state index is 13.2. The number of aryl methyl sites for hydroxylation is 1. The Morgan fingerprint density at radius 3 is 2.71 bits per heavy atom. The van der Waals surface area contributed by atoms with Crippen molar-refractivity contribution in [3.05, 3.63) is 65.2 Å². The van der Waals surface area contributed by atoms with Crippen LogP contribution in [0.5, 0.6) is 0 Å². The Hall–Kier alpha value is -1.96. The van der Waals surface area contributed by atoms with Gasteiger partial charge in [0.05, 0.1) is 0 Å². The number of pyridine rings is 1. The second-order valence-electron chi connectivity index (χ2n) is 4.25. The molecule has 1 heterocycles. The van der Waals surface area contributed by atoms with E-state index in [-0.39, 0.29) is 5.82 Å². The summed E-state index contributed by atoms with van der Waals surface area (Å²) < 4.78 is 13.2. The fourth-order valence-electron chi connectivity index (χ4n) is 2.28. The van der Waals surface area contributed by atoms with Crippen molar-refractivity contribution in [2.75, 3.05) is 0 Å². The van der Waals surface area contributed by atoms with Gasteiger partial charge in [0, 0.05) is 12.4 Å². The summed E-state index contributed by atoms with van der Waals surface area (Å²) in [6.07, 6.45) is 7.66. The number of nitrogens with zero attached hydrogens (tertiary/aromatic N) is 1. The first kappa shape index (κ1) is 10.2. The number of allylic oxidation sites excluding steroid dienone is 1. The number of aromatic nitrogens is 1. The number of hydrogen-bond acceptors (Lipinski definition) is 1. The Balaban J connectivity index is 2.04. The molecule has 0 fully saturated rings. The van der Waals surface area contributed by atoms with Crippen molar-refractivity contribution in [3.63, 3.8) is 0 Å². The van der Waals surface area contributed by atoms with E-state index in [9.17, 15) is 4.39 Å². The topological polar surface area (TPSA) is 12.9 Å². The third-order valence-corrected chi connectivity index (χ3v) is 3.13. The Labute approximate surface area is 99.6 Å². The zero-order valence-corrected chi connectivity index (χ0v) is 9.36. The molecule has 84 valence electrons. The molecular weight excluding hydrogens is 213 g/mol. The highest BCUT2D eigenvalue weighted by molar-refractivity contribution is 5.85. The van der Waals surface area contributed by atoms with Crippen molar-refractivity contribution in [1.29, 1.82) is 0 Å². The summed E-state index contributed by atoms with van der Waals surface area (Å²) in [5.74, 6) is -0.161. The van der Waals surface area contributed by atoms with Gasteiger partial charge >= 0.3 is 0 Å². The highest BCUT2D eigenvalue weighted by Gasteiger charge is 2.16. The van der Waals surface area contributed by atoms with Gasteiger partial charge in [0.15, 0.2) is 0 Å². The van der Waals surface area contributed by atoms with E-state index in [1.807, 2.05) is 18.2 Å². The van der Waals surface area contributed by atoms with E-state index in [1.165, 1.54) is 17.2 Å². The van der Waals surface area contributed by atoms with Crippen LogP contribution in [-0.2, 0) is 6.42 Å². The predicted molar refractivity (Wildman–Crippen MR) is 66.8 cm³/mol. The zero-order valence-electron chi connectivity index (χ0n) is 9.36. The molecule has 17 heavy (non-hydrogen) atoms. The molecule has 2 heteroatoms. The first-order valence-electron chi connectivity index (χ1n) is 5.72. The van der Waals surface area contributed by atoms with Crippen molar-refractivity contribution >= 4 is 11.6 Å². The van der Waals surface area contributed by atoms with Gasteiger partial charge in [-0.25, -0.2) is 4.39 Å². The molecule has 0 bridgehead atoms. The minimum absolute atomic E-state index is 0.161. The molecule has 1 nitrogen and oxygen atoms in total. The first-order chi connectivity index (χ1) is 8.33. The monoisotopic (exact) mass is 225 g/mol. The van der Waals surface area contributed by atoms with Gasteiger partial charge in [-0.15, -0.1) is 0 Å². The first-order valence-corrected chi connectivity index (χ1v) is 5.72. The molecule has 0 saturated heterocycles.